The van der Waals surface area contributed by atoms with Crippen molar-refractivity contribution in [1.29, 1.82) is 5.26 Å². The zero-order valence-electron chi connectivity index (χ0n) is 17.3. The fraction of sp³-hybridized carbons (Fsp3) is 0.250. The Kier molecular flexibility index (Phi) is 5.54. The van der Waals surface area contributed by atoms with Crippen LogP contribution in [0, 0.1) is 11.3 Å². The minimum Gasteiger partial charge on any atom is -0.493 e. The molecule has 2 aromatic carbocycles. The van der Waals surface area contributed by atoms with Crippen LogP contribution in [0.5, 0.6) is 17.2 Å². The molecule has 1 aliphatic rings. The number of benzene rings is 2. The van der Waals surface area contributed by atoms with Crippen LogP contribution in [-0.4, -0.2) is 13.7 Å². The normalized spacial score (nSPS) is 15.2. The SMILES string of the molecule is CCCCOc1cc([C@H]2C(C#N)=C(N)Oc3c2c(=O)oc2ccccc32)ccc1OC. The fourth-order valence-corrected chi connectivity index (χ4v) is 3.71. The van der Waals surface area contributed by atoms with E-state index in [1.807, 2.05) is 6.07 Å². The van der Waals surface area contributed by atoms with Crippen molar-refractivity contribution in [3.8, 4) is 23.3 Å². The predicted molar refractivity (Wildman–Crippen MR) is 115 cm³/mol. The van der Waals surface area contributed by atoms with E-state index in [-0.39, 0.29) is 17.0 Å². The molecule has 0 aliphatic carbocycles. The van der Waals surface area contributed by atoms with Gasteiger partial charge in [-0.25, -0.2) is 4.79 Å². The first-order chi connectivity index (χ1) is 15.1. The van der Waals surface area contributed by atoms with Crippen LogP contribution in [-0.2, 0) is 0 Å². The summed E-state index contributed by atoms with van der Waals surface area (Å²) in [4.78, 5) is 13.0. The topological polar surface area (TPSA) is 108 Å². The minimum absolute atomic E-state index is 0.0416. The number of ether oxygens (including phenoxy) is 3. The number of nitrogens with zero attached hydrogens (tertiary/aromatic N) is 1. The molecule has 7 heteroatoms. The van der Waals surface area contributed by atoms with Crippen LogP contribution in [0.15, 0.2) is 63.1 Å². The molecule has 1 aromatic heterocycles. The number of nitriles is 1. The van der Waals surface area contributed by atoms with Crippen LogP contribution in [0.2, 0.25) is 0 Å². The number of hydrogen-bond donors (Lipinski definition) is 1. The Morgan fingerprint density at radius 2 is 2.00 bits per heavy atom. The molecule has 4 rings (SSSR count). The van der Waals surface area contributed by atoms with E-state index in [1.165, 1.54) is 0 Å². The summed E-state index contributed by atoms with van der Waals surface area (Å²) in [5, 5.41) is 10.4. The maximum Gasteiger partial charge on any atom is 0.344 e. The lowest BCUT2D eigenvalue weighted by atomic mass is 9.83. The van der Waals surface area contributed by atoms with E-state index in [2.05, 4.69) is 13.0 Å². The molecule has 0 bridgehead atoms. The highest BCUT2D eigenvalue weighted by molar-refractivity contribution is 5.86. The number of methoxy groups -OCH3 is 1. The number of allylic oxidation sites excluding steroid dienone is 1. The van der Waals surface area contributed by atoms with Crippen molar-refractivity contribution in [3.05, 3.63) is 75.5 Å². The molecule has 1 aliphatic heterocycles. The van der Waals surface area contributed by atoms with E-state index in [0.717, 1.165) is 12.8 Å². The first-order valence-electron chi connectivity index (χ1n) is 10.0. The molecule has 0 spiro atoms. The molecule has 0 saturated heterocycles. The Bertz CT molecular complexity index is 1270. The van der Waals surface area contributed by atoms with Gasteiger partial charge in [0.25, 0.3) is 0 Å². The molecule has 3 aromatic rings. The van der Waals surface area contributed by atoms with Gasteiger partial charge in [-0.05, 0) is 36.2 Å². The van der Waals surface area contributed by atoms with Crippen LogP contribution >= 0.6 is 0 Å². The quantitative estimate of drug-likeness (QED) is 0.472. The number of rotatable bonds is 6. The Morgan fingerprint density at radius 1 is 1.19 bits per heavy atom. The number of unbranched alkanes of at least 4 members (excludes halogenated alkanes) is 1. The van der Waals surface area contributed by atoms with Crippen molar-refractivity contribution in [2.24, 2.45) is 5.73 Å². The van der Waals surface area contributed by atoms with Gasteiger partial charge in [-0.3, -0.25) is 0 Å². The van der Waals surface area contributed by atoms with Gasteiger partial charge in [0.1, 0.15) is 17.2 Å². The van der Waals surface area contributed by atoms with Gasteiger partial charge in [-0.2, -0.15) is 5.26 Å². The lowest BCUT2D eigenvalue weighted by Crippen LogP contribution is -2.26. The largest absolute Gasteiger partial charge is 0.493 e. The Hall–Kier alpha value is -3.92. The number of para-hydroxylation sites is 1. The predicted octanol–water partition coefficient (Wildman–Crippen LogP) is 4.20. The summed E-state index contributed by atoms with van der Waals surface area (Å²) >= 11 is 0. The van der Waals surface area contributed by atoms with Crippen LogP contribution in [0.4, 0.5) is 0 Å². The van der Waals surface area contributed by atoms with Crippen molar-refractivity contribution in [2.45, 2.75) is 25.7 Å². The van der Waals surface area contributed by atoms with E-state index in [4.69, 9.17) is 24.4 Å². The lowest BCUT2D eigenvalue weighted by Gasteiger charge is -2.26. The van der Waals surface area contributed by atoms with Gasteiger partial charge in [0, 0.05) is 0 Å². The zero-order chi connectivity index (χ0) is 22.0. The first kappa shape index (κ1) is 20.4. The molecular weight excluding hydrogens is 396 g/mol. The minimum atomic E-state index is -0.756. The summed E-state index contributed by atoms with van der Waals surface area (Å²) in [7, 11) is 1.56. The standard InChI is InChI=1S/C24H22N2O5/c1-3-4-11-29-19-12-14(9-10-18(19)28-2)20-16(13-25)23(26)31-22-15-7-5-6-8-17(15)30-24(27)21(20)22/h5-10,12,20H,3-4,11,26H2,1-2H3/t20-/m0/s1. The summed E-state index contributed by atoms with van der Waals surface area (Å²) in [5.41, 5.74) is 6.94. The molecular formula is C24H22N2O5. The lowest BCUT2D eigenvalue weighted by molar-refractivity contribution is 0.288. The van der Waals surface area contributed by atoms with Crippen molar-refractivity contribution in [1.82, 2.24) is 0 Å². The van der Waals surface area contributed by atoms with E-state index >= 15 is 0 Å². The number of hydrogen-bond acceptors (Lipinski definition) is 7. The second-order valence-electron chi connectivity index (χ2n) is 7.17. The molecule has 0 fully saturated rings. The van der Waals surface area contributed by atoms with Gasteiger partial charge in [-0.1, -0.05) is 31.5 Å². The maximum atomic E-state index is 13.0. The highest BCUT2D eigenvalue weighted by Gasteiger charge is 2.35. The molecule has 0 radical (unpaired) electrons. The van der Waals surface area contributed by atoms with Crippen LogP contribution in [0.25, 0.3) is 11.0 Å². The molecule has 2 N–H and O–H groups in total. The van der Waals surface area contributed by atoms with Gasteiger partial charge >= 0.3 is 5.63 Å². The van der Waals surface area contributed by atoms with E-state index in [9.17, 15) is 10.1 Å². The average Bonchev–Trinajstić information content (AvgIpc) is 2.78. The van der Waals surface area contributed by atoms with Crippen LogP contribution in [0.1, 0.15) is 36.8 Å². The first-order valence-corrected chi connectivity index (χ1v) is 10.0. The molecule has 31 heavy (non-hydrogen) atoms. The van der Waals surface area contributed by atoms with Gasteiger partial charge in [0.15, 0.2) is 17.2 Å². The second kappa shape index (κ2) is 8.44. The monoisotopic (exact) mass is 418 g/mol. The average molecular weight is 418 g/mol. The zero-order valence-corrected chi connectivity index (χ0v) is 17.3. The van der Waals surface area contributed by atoms with E-state index in [0.29, 0.717) is 40.4 Å². The fourth-order valence-electron chi connectivity index (χ4n) is 3.71. The third-order valence-corrected chi connectivity index (χ3v) is 5.25. The molecule has 0 saturated carbocycles. The molecule has 1 atom stereocenters. The number of fused-ring (bicyclic) bond motifs is 3. The highest BCUT2D eigenvalue weighted by atomic mass is 16.5. The number of nitrogens with two attached hydrogens (primary N) is 1. The van der Waals surface area contributed by atoms with Crippen molar-refractivity contribution >= 4 is 11.0 Å². The van der Waals surface area contributed by atoms with Crippen molar-refractivity contribution in [2.75, 3.05) is 13.7 Å². The molecule has 158 valence electrons. The van der Waals surface area contributed by atoms with Gasteiger partial charge in [0.2, 0.25) is 5.88 Å². The molecule has 7 nitrogen and oxygen atoms in total. The van der Waals surface area contributed by atoms with Crippen molar-refractivity contribution in [3.63, 3.8) is 0 Å². The summed E-state index contributed by atoms with van der Waals surface area (Å²) < 4.78 is 22.6. The third kappa shape index (κ3) is 3.57. The highest BCUT2D eigenvalue weighted by Crippen LogP contribution is 2.45. The summed E-state index contributed by atoms with van der Waals surface area (Å²) in [6, 6.07) is 14.4. The third-order valence-electron chi connectivity index (χ3n) is 5.25. The van der Waals surface area contributed by atoms with Gasteiger partial charge < -0.3 is 24.4 Å². The summed E-state index contributed by atoms with van der Waals surface area (Å²) in [5.74, 6) is 0.599. The Balaban J connectivity index is 1.92. The van der Waals surface area contributed by atoms with E-state index < -0.39 is 11.5 Å². The van der Waals surface area contributed by atoms with Gasteiger partial charge in [0.05, 0.1) is 30.6 Å². The second-order valence-corrected chi connectivity index (χ2v) is 7.17. The van der Waals surface area contributed by atoms with Crippen LogP contribution in [0.3, 0.4) is 0 Å². The molecule has 0 amide bonds. The summed E-state index contributed by atoms with van der Waals surface area (Å²) in [6.45, 7) is 2.60. The van der Waals surface area contributed by atoms with E-state index in [1.54, 1.807) is 43.5 Å². The maximum absolute atomic E-state index is 13.0. The Morgan fingerprint density at radius 3 is 2.74 bits per heavy atom. The van der Waals surface area contributed by atoms with Crippen LogP contribution < -0.4 is 25.6 Å². The molecule has 0 unspecified atom stereocenters. The van der Waals surface area contributed by atoms with Gasteiger partial charge in [-0.15, -0.1) is 0 Å². The summed E-state index contributed by atoms with van der Waals surface area (Å²) in [6.07, 6.45) is 1.88. The molecule has 2 heterocycles. The Labute approximate surface area is 179 Å². The smallest absolute Gasteiger partial charge is 0.344 e. The van der Waals surface area contributed by atoms with Crippen molar-refractivity contribution < 1.29 is 18.6 Å².